The molecule has 1 amide bonds. The largest absolute Gasteiger partial charge is 0.493 e. The standard InChI is InChI=1S/C18H27NO4/c1-17(2,3)23-16(21)19-11-18(4,12-20)9-13-10-22-15-8-6-5-7-14(13)15/h5-8,13,20H,9-12H2,1-4H3,(H,19,21). The van der Waals surface area contributed by atoms with E-state index < -0.39 is 17.1 Å². The van der Waals surface area contributed by atoms with Crippen LogP contribution in [0.1, 0.15) is 45.6 Å². The Morgan fingerprint density at radius 3 is 2.70 bits per heavy atom. The first-order valence-electron chi connectivity index (χ1n) is 8.02. The molecule has 2 N–H and O–H groups in total. The first-order valence-corrected chi connectivity index (χ1v) is 8.02. The summed E-state index contributed by atoms with van der Waals surface area (Å²) < 4.78 is 10.9. The molecule has 0 bridgehead atoms. The van der Waals surface area contributed by atoms with Crippen LogP contribution in [0.25, 0.3) is 0 Å². The van der Waals surface area contributed by atoms with Gasteiger partial charge in [0.1, 0.15) is 11.4 Å². The predicted molar refractivity (Wildman–Crippen MR) is 88.7 cm³/mol. The molecule has 1 aromatic carbocycles. The number of fused-ring (bicyclic) bond motifs is 1. The molecule has 0 spiro atoms. The second-order valence-corrected chi connectivity index (χ2v) is 7.57. The molecule has 0 saturated carbocycles. The number of hydrogen-bond donors (Lipinski definition) is 2. The minimum atomic E-state index is -0.530. The summed E-state index contributed by atoms with van der Waals surface area (Å²) >= 11 is 0. The van der Waals surface area contributed by atoms with E-state index in [4.69, 9.17) is 9.47 Å². The van der Waals surface area contributed by atoms with Gasteiger partial charge in [0.2, 0.25) is 0 Å². The van der Waals surface area contributed by atoms with Crippen molar-refractivity contribution in [1.29, 1.82) is 0 Å². The molecule has 0 saturated heterocycles. The molecule has 5 nitrogen and oxygen atoms in total. The van der Waals surface area contributed by atoms with Gasteiger partial charge in [0, 0.05) is 23.4 Å². The van der Waals surface area contributed by atoms with Crippen LogP contribution < -0.4 is 10.1 Å². The van der Waals surface area contributed by atoms with Gasteiger partial charge < -0.3 is 19.9 Å². The van der Waals surface area contributed by atoms with E-state index in [2.05, 4.69) is 11.4 Å². The van der Waals surface area contributed by atoms with Gasteiger partial charge in [-0.05, 0) is 33.3 Å². The lowest BCUT2D eigenvalue weighted by Gasteiger charge is -2.30. The Morgan fingerprint density at radius 1 is 1.35 bits per heavy atom. The molecule has 2 rings (SSSR count). The topological polar surface area (TPSA) is 67.8 Å². The number of ether oxygens (including phenoxy) is 2. The number of nitrogens with one attached hydrogen (secondary N) is 1. The van der Waals surface area contributed by atoms with Crippen molar-refractivity contribution < 1.29 is 19.4 Å². The second-order valence-electron chi connectivity index (χ2n) is 7.57. The lowest BCUT2D eigenvalue weighted by molar-refractivity contribution is 0.0465. The molecule has 2 unspecified atom stereocenters. The van der Waals surface area contributed by atoms with Crippen molar-refractivity contribution in [1.82, 2.24) is 5.32 Å². The summed E-state index contributed by atoms with van der Waals surface area (Å²) in [6.07, 6.45) is 0.274. The van der Waals surface area contributed by atoms with Gasteiger partial charge >= 0.3 is 6.09 Å². The molecular weight excluding hydrogens is 294 g/mol. The number of benzene rings is 1. The number of rotatable bonds is 5. The number of amides is 1. The number of aliphatic hydroxyl groups excluding tert-OH is 1. The summed E-state index contributed by atoms with van der Waals surface area (Å²) in [4.78, 5) is 11.8. The zero-order valence-corrected chi connectivity index (χ0v) is 14.4. The quantitative estimate of drug-likeness (QED) is 0.874. The molecule has 0 aliphatic carbocycles. The zero-order valence-electron chi connectivity index (χ0n) is 14.4. The summed E-state index contributed by atoms with van der Waals surface area (Å²) in [5, 5.41) is 12.6. The fourth-order valence-electron chi connectivity index (χ4n) is 2.79. The van der Waals surface area contributed by atoms with E-state index in [0.29, 0.717) is 13.2 Å². The highest BCUT2D eigenvalue weighted by Gasteiger charge is 2.33. The van der Waals surface area contributed by atoms with Crippen molar-refractivity contribution in [2.45, 2.75) is 45.6 Å². The zero-order chi connectivity index (χ0) is 17.1. The number of hydrogen-bond acceptors (Lipinski definition) is 4. The van der Waals surface area contributed by atoms with Gasteiger partial charge in [0.25, 0.3) is 0 Å². The van der Waals surface area contributed by atoms with E-state index in [9.17, 15) is 9.90 Å². The maximum Gasteiger partial charge on any atom is 0.407 e. The molecule has 1 aliphatic heterocycles. The third kappa shape index (κ3) is 4.86. The van der Waals surface area contributed by atoms with Crippen LogP contribution in [0.5, 0.6) is 5.75 Å². The maximum atomic E-state index is 11.8. The average molecular weight is 321 g/mol. The lowest BCUT2D eigenvalue weighted by Crippen LogP contribution is -2.41. The van der Waals surface area contributed by atoms with E-state index in [0.717, 1.165) is 12.2 Å². The predicted octanol–water partition coefficient (Wildman–Crippen LogP) is 3.08. The first-order chi connectivity index (χ1) is 10.7. The van der Waals surface area contributed by atoms with Crippen LogP contribution in [-0.4, -0.2) is 36.6 Å². The Kier molecular flexibility index (Phi) is 5.19. The molecule has 0 radical (unpaired) electrons. The molecule has 1 aliphatic rings. The Bertz CT molecular complexity index is 552. The van der Waals surface area contributed by atoms with Crippen LogP contribution in [0.4, 0.5) is 4.79 Å². The Balaban J connectivity index is 1.95. The number of alkyl carbamates (subject to hydrolysis) is 1. The van der Waals surface area contributed by atoms with Crippen molar-refractivity contribution in [3.05, 3.63) is 29.8 Å². The molecule has 0 fully saturated rings. The smallest absolute Gasteiger partial charge is 0.407 e. The van der Waals surface area contributed by atoms with Gasteiger partial charge in [-0.3, -0.25) is 0 Å². The highest BCUT2D eigenvalue weighted by molar-refractivity contribution is 5.67. The fourth-order valence-corrected chi connectivity index (χ4v) is 2.79. The molecular formula is C18H27NO4. The van der Waals surface area contributed by atoms with Crippen molar-refractivity contribution in [3.8, 4) is 5.75 Å². The minimum absolute atomic E-state index is 0.0124. The molecule has 1 heterocycles. The molecule has 5 heteroatoms. The van der Waals surface area contributed by atoms with E-state index in [-0.39, 0.29) is 12.5 Å². The summed E-state index contributed by atoms with van der Waals surface area (Å²) in [5.41, 5.74) is 0.213. The Labute approximate surface area is 138 Å². The molecule has 2 atom stereocenters. The molecule has 128 valence electrons. The van der Waals surface area contributed by atoms with Crippen molar-refractivity contribution in [2.75, 3.05) is 19.8 Å². The third-order valence-corrected chi connectivity index (χ3v) is 3.98. The number of para-hydroxylation sites is 1. The van der Waals surface area contributed by atoms with Crippen LogP contribution in [0, 0.1) is 5.41 Å². The minimum Gasteiger partial charge on any atom is -0.493 e. The third-order valence-electron chi connectivity index (χ3n) is 3.98. The Hall–Kier alpha value is -1.75. The second kappa shape index (κ2) is 6.79. The summed E-state index contributed by atoms with van der Waals surface area (Å²) in [5.74, 6) is 1.14. The summed E-state index contributed by atoms with van der Waals surface area (Å²) in [6.45, 7) is 8.39. The van der Waals surface area contributed by atoms with Crippen molar-refractivity contribution >= 4 is 6.09 Å². The molecule has 1 aromatic rings. The van der Waals surface area contributed by atoms with Crippen LogP contribution in [0.2, 0.25) is 0 Å². The van der Waals surface area contributed by atoms with Crippen molar-refractivity contribution in [2.24, 2.45) is 5.41 Å². The van der Waals surface area contributed by atoms with Crippen LogP contribution >= 0.6 is 0 Å². The Morgan fingerprint density at radius 2 is 2.04 bits per heavy atom. The van der Waals surface area contributed by atoms with Gasteiger partial charge in [-0.15, -0.1) is 0 Å². The summed E-state index contributed by atoms with van der Waals surface area (Å²) in [6, 6.07) is 7.98. The van der Waals surface area contributed by atoms with Crippen molar-refractivity contribution in [3.63, 3.8) is 0 Å². The molecule has 23 heavy (non-hydrogen) atoms. The highest BCUT2D eigenvalue weighted by Crippen LogP contribution is 2.40. The van der Waals surface area contributed by atoms with Gasteiger partial charge in [-0.2, -0.15) is 0 Å². The molecule has 0 aromatic heterocycles. The number of aliphatic hydroxyl groups is 1. The van der Waals surface area contributed by atoms with Gasteiger partial charge in [0.05, 0.1) is 13.2 Å². The van der Waals surface area contributed by atoms with Crippen LogP contribution in [0.15, 0.2) is 24.3 Å². The fraction of sp³-hybridized carbons (Fsp3) is 0.611. The van der Waals surface area contributed by atoms with Gasteiger partial charge in [0.15, 0.2) is 0 Å². The number of carbonyl (C=O) groups excluding carboxylic acids is 1. The first kappa shape index (κ1) is 17.6. The van der Waals surface area contributed by atoms with Gasteiger partial charge in [-0.25, -0.2) is 4.79 Å². The summed E-state index contributed by atoms with van der Waals surface area (Å²) in [7, 11) is 0. The number of carbonyl (C=O) groups is 1. The highest BCUT2D eigenvalue weighted by atomic mass is 16.6. The van der Waals surface area contributed by atoms with E-state index >= 15 is 0 Å². The van der Waals surface area contributed by atoms with E-state index in [1.165, 1.54) is 5.56 Å². The average Bonchev–Trinajstić information content (AvgIpc) is 2.87. The van der Waals surface area contributed by atoms with Gasteiger partial charge in [-0.1, -0.05) is 25.1 Å². The van der Waals surface area contributed by atoms with E-state index in [1.54, 1.807) is 0 Å². The maximum absolute atomic E-state index is 11.8. The monoisotopic (exact) mass is 321 g/mol. The normalized spacial score (nSPS) is 19.4. The van der Waals surface area contributed by atoms with Crippen LogP contribution in [0.3, 0.4) is 0 Å². The van der Waals surface area contributed by atoms with E-state index in [1.807, 2.05) is 45.9 Å². The van der Waals surface area contributed by atoms with Crippen LogP contribution in [-0.2, 0) is 4.74 Å². The lowest BCUT2D eigenvalue weighted by atomic mass is 9.79. The SMILES string of the molecule is CC(CO)(CNC(=O)OC(C)(C)C)CC1COc2ccccc21.